The lowest BCUT2D eigenvalue weighted by Crippen LogP contribution is -2.52. The highest BCUT2D eigenvalue weighted by molar-refractivity contribution is 5.79. The number of carbonyl (C=O) groups excluding carboxylic acids is 3. The second kappa shape index (κ2) is 14.8. The van der Waals surface area contributed by atoms with Gasteiger partial charge in [-0.25, -0.2) is 14.4 Å². The Kier molecular flexibility index (Phi) is 12.5. The zero-order chi connectivity index (χ0) is 27.3. The molecule has 0 bridgehead atoms. The van der Waals surface area contributed by atoms with Crippen molar-refractivity contribution in [3.63, 3.8) is 0 Å². The van der Waals surface area contributed by atoms with Crippen LogP contribution in [0.1, 0.15) is 53.0 Å². The van der Waals surface area contributed by atoms with Crippen molar-refractivity contribution in [3.8, 4) is 11.5 Å². The number of carbonyl (C=O) groups is 4. The third-order valence-electron chi connectivity index (χ3n) is 5.00. The van der Waals surface area contributed by atoms with Crippen LogP contribution in [0.25, 0.3) is 0 Å². The minimum absolute atomic E-state index is 0.0369. The second-order valence-corrected chi connectivity index (χ2v) is 8.20. The zero-order valence-electron chi connectivity index (χ0n) is 21.2. The summed E-state index contributed by atoms with van der Waals surface area (Å²) in [5, 5.41) is 9.81. The summed E-state index contributed by atoms with van der Waals surface area (Å²) in [4.78, 5) is 47.5. The molecule has 1 aromatic carbocycles. The number of nitrogens with two attached hydrogens (primary N) is 1. The van der Waals surface area contributed by atoms with Crippen molar-refractivity contribution < 1.29 is 52.7 Å². The van der Waals surface area contributed by atoms with Crippen molar-refractivity contribution in [2.45, 2.75) is 65.5 Å². The second-order valence-electron chi connectivity index (χ2n) is 8.20. The smallest absolute Gasteiger partial charge is 0.480 e. The van der Waals surface area contributed by atoms with Crippen molar-refractivity contribution in [1.82, 2.24) is 0 Å². The molecule has 36 heavy (non-hydrogen) atoms. The van der Waals surface area contributed by atoms with Gasteiger partial charge in [0.1, 0.15) is 11.6 Å². The molecule has 0 heterocycles. The van der Waals surface area contributed by atoms with Gasteiger partial charge in [0.2, 0.25) is 0 Å². The maximum absolute atomic E-state index is 12.0. The number of benzene rings is 1. The van der Waals surface area contributed by atoms with Gasteiger partial charge in [-0.3, -0.25) is 4.79 Å². The Morgan fingerprint density at radius 1 is 0.917 bits per heavy atom. The molecule has 3 N–H and O–H groups in total. The molecule has 0 aromatic heterocycles. The van der Waals surface area contributed by atoms with E-state index in [1.54, 1.807) is 13.8 Å². The summed E-state index contributed by atoms with van der Waals surface area (Å²) in [7, 11) is 0. The summed E-state index contributed by atoms with van der Waals surface area (Å²) < 4.78 is 29.8. The van der Waals surface area contributed by atoms with E-state index in [0.29, 0.717) is 5.56 Å². The number of hydrogen-bond acceptors (Lipinski definition) is 11. The lowest BCUT2D eigenvalue weighted by atomic mass is 9.86. The molecule has 12 heteroatoms. The Labute approximate surface area is 209 Å². The zero-order valence-corrected chi connectivity index (χ0v) is 21.2. The molecule has 0 saturated heterocycles. The van der Waals surface area contributed by atoms with Gasteiger partial charge in [0.05, 0.1) is 19.8 Å². The summed E-state index contributed by atoms with van der Waals surface area (Å²) in [5.74, 6) is -1.54. The average molecular weight is 514 g/mol. The molecule has 0 radical (unpaired) electrons. The first-order chi connectivity index (χ1) is 16.9. The largest absolute Gasteiger partial charge is 0.513 e. The van der Waals surface area contributed by atoms with Gasteiger partial charge in [0.15, 0.2) is 11.5 Å². The number of aliphatic carboxylic acids is 1. The van der Waals surface area contributed by atoms with Gasteiger partial charge >= 0.3 is 24.4 Å². The van der Waals surface area contributed by atoms with E-state index in [1.807, 2.05) is 13.8 Å². The molecule has 0 fully saturated rings. The minimum Gasteiger partial charge on any atom is -0.480 e. The Hall–Kier alpha value is -3.54. The molecule has 12 nitrogen and oxygen atoms in total. The van der Waals surface area contributed by atoms with E-state index in [0.717, 1.165) is 6.42 Å². The topological polar surface area (TPSA) is 170 Å². The number of carboxylic acid groups (broad SMARTS) is 1. The average Bonchev–Trinajstić information content (AvgIpc) is 2.79. The molecule has 0 aliphatic rings. The van der Waals surface area contributed by atoms with Crippen molar-refractivity contribution in [2.24, 2.45) is 11.7 Å². The van der Waals surface area contributed by atoms with Crippen LogP contribution in [0.2, 0.25) is 0 Å². The molecule has 0 aliphatic heterocycles. The van der Waals surface area contributed by atoms with Crippen molar-refractivity contribution in [1.29, 1.82) is 0 Å². The van der Waals surface area contributed by atoms with Crippen LogP contribution in [0, 0.1) is 5.92 Å². The number of hydrogen-bond donors (Lipinski definition) is 2. The molecule has 1 rings (SSSR count). The molecular formula is C24H35NO11. The van der Waals surface area contributed by atoms with Crippen LogP contribution in [0.4, 0.5) is 14.4 Å². The van der Waals surface area contributed by atoms with Crippen molar-refractivity contribution >= 4 is 24.4 Å². The first-order valence-corrected chi connectivity index (χ1v) is 11.6. The lowest BCUT2D eigenvalue weighted by molar-refractivity contribution is -0.144. The van der Waals surface area contributed by atoms with Gasteiger partial charge in [-0.05, 0) is 44.4 Å². The number of ether oxygens (including phenoxy) is 6. The van der Waals surface area contributed by atoms with E-state index in [1.165, 1.54) is 25.1 Å². The first kappa shape index (κ1) is 30.5. The van der Waals surface area contributed by atoms with Crippen LogP contribution in [-0.2, 0) is 30.2 Å². The van der Waals surface area contributed by atoms with Crippen LogP contribution in [0.3, 0.4) is 0 Å². The quantitative estimate of drug-likeness (QED) is 0.220. The third-order valence-corrected chi connectivity index (χ3v) is 5.00. The molecule has 1 aromatic rings. The van der Waals surface area contributed by atoms with Gasteiger partial charge < -0.3 is 39.3 Å². The van der Waals surface area contributed by atoms with Crippen molar-refractivity contribution in [2.75, 3.05) is 19.8 Å². The summed E-state index contributed by atoms with van der Waals surface area (Å²) >= 11 is 0. The number of rotatable bonds is 13. The summed E-state index contributed by atoms with van der Waals surface area (Å²) in [5.41, 5.74) is 4.66. The van der Waals surface area contributed by atoms with Crippen molar-refractivity contribution in [3.05, 3.63) is 23.8 Å². The number of carboxylic acids is 1. The molecule has 0 spiro atoms. The molecule has 0 saturated carbocycles. The minimum atomic E-state index is -1.86. The fourth-order valence-electron chi connectivity index (χ4n) is 2.98. The lowest BCUT2D eigenvalue weighted by Gasteiger charge is -2.28. The summed E-state index contributed by atoms with van der Waals surface area (Å²) in [6.07, 6.45) is -3.54. The highest BCUT2D eigenvalue weighted by atomic mass is 16.7. The fraction of sp³-hybridized carbons (Fsp3) is 0.583. The van der Waals surface area contributed by atoms with E-state index in [9.17, 15) is 24.3 Å². The predicted molar refractivity (Wildman–Crippen MR) is 126 cm³/mol. The Morgan fingerprint density at radius 3 is 2.03 bits per heavy atom. The fourth-order valence-corrected chi connectivity index (χ4v) is 2.98. The van der Waals surface area contributed by atoms with Gasteiger partial charge in [-0.2, -0.15) is 0 Å². The van der Waals surface area contributed by atoms with Gasteiger partial charge in [-0.15, -0.1) is 0 Å². The van der Waals surface area contributed by atoms with Gasteiger partial charge in [-0.1, -0.05) is 26.3 Å². The molecular weight excluding hydrogens is 478 g/mol. The standard InChI is InChI=1S/C24H35NO11/c1-6-15(4)14-33-23(30)34-16(5)12-24(25,20(26)27)13-17-9-10-18(35-21(28)31-7-2)19(11-17)36-22(29)32-8-3/h9-11,15-16H,6-8,12-14,25H2,1-5H3,(H,26,27)/t15?,16-,24?/m0/s1. The third kappa shape index (κ3) is 10.4. The molecule has 3 atom stereocenters. The van der Waals surface area contributed by atoms with Gasteiger partial charge in [0, 0.05) is 12.8 Å². The maximum atomic E-state index is 12.0. The molecule has 202 valence electrons. The van der Waals surface area contributed by atoms with Gasteiger partial charge in [0.25, 0.3) is 0 Å². The normalized spacial score (nSPS) is 13.9. The molecule has 0 amide bonds. The summed E-state index contributed by atoms with van der Waals surface area (Å²) in [6, 6.07) is 4.04. The Balaban J connectivity index is 3.05. The highest BCUT2D eigenvalue weighted by Crippen LogP contribution is 2.31. The van der Waals surface area contributed by atoms with E-state index in [2.05, 4.69) is 0 Å². The van der Waals surface area contributed by atoms with E-state index >= 15 is 0 Å². The van der Waals surface area contributed by atoms with E-state index < -0.39 is 36.1 Å². The molecule has 0 aliphatic carbocycles. The van der Waals surface area contributed by atoms with Crippen LogP contribution in [-0.4, -0.2) is 61.0 Å². The van der Waals surface area contributed by atoms with Crippen LogP contribution >= 0.6 is 0 Å². The summed E-state index contributed by atoms with van der Waals surface area (Å²) in [6.45, 7) is 8.81. The Morgan fingerprint density at radius 2 is 1.50 bits per heavy atom. The predicted octanol–water partition coefficient (Wildman–Crippen LogP) is 4.06. The Bertz CT molecular complexity index is 904. The van der Waals surface area contributed by atoms with Crippen LogP contribution < -0.4 is 15.2 Å². The molecule has 2 unspecified atom stereocenters. The first-order valence-electron chi connectivity index (χ1n) is 11.6. The SMILES string of the molecule is CCOC(=O)Oc1ccc(CC(N)(C[C@H](C)OC(=O)OCC(C)CC)C(=O)O)cc1OC(=O)OCC. The highest BCUT2D eigenvalue weighted by Gasteiger charge is 2.37. The van der Waals surface area contributed by atoms with E-state index in [-0.39, 0.29) is 50.1 Å². The maximum Gasteiger partial charge on any atom is 0.513 e. The monoisotopic (exact) mass is 513 g/mol. The van der Waals surface area contributed by atoms with E-state index in [4.69, 9.17) is 34.2 Å². The van der Waals surface area contributed by atoms with Crippen LogP contribution in [0.15, 0.2) is 18.2 Å². The van der Waals surface area contributed by atoms with Crippen LogP contribution in [0.5, 0.6) is 11.5 Å².